The molecule has 0 aromatic carbocycles. The smallest absolute Gasteiger partial charge is 0.250 e. The van der Waals surface area contributed by atoms with Crippen LogP contribution in [0, 0.1) is 0 Å². The Morgan fingerprint density at radius 3 is 2.78 bits per heavy atom. The molecule has 0 spiro atoms. The first kappa shape index (κ1) is 13.1. The van der Waals surface area contributed by atoms with Crippen molar-refractivity contribution in [3.63, 3.8) is 0 Å². The predicted molar refractivity (Wildman–Crippen MR) is 74.6 cm³/mol. The Morgan fingerprint density at radius 1 is 1.39 bits per heavy atom. The van der Waals surface area contributed by atoms with Crippen LogP contribution in [0.3, 0.4) is 0 Å². The summed E-state index contributed by atoms with van der Waals surface area (Å²) in [5.41, 5.74) is 6.40. The van der Waals surface area contributed by atoms with Gasteiger partial charge in [0, 0.05) is 37.1 Å². The number of aromatic nitrogens is 1. The fourth-order valence-corrected chi connectivity index (χ4v) is 2.83. The van der Waals surface area contributed by atoms with E-state index in [2.05, 4.69) is 11.8 Å². The summed E-state index contributed by atoms with van der Waals surface area (Å²) in [6.07, 6.45) is 7.04. The summed E-state index contributed by atoms with van der Waals surface area (Å²) in [5, 5.41) is 0. The number of likely N-dealkylation sites (N-methyl/N-ethyl adjacent to an activating group) is 1. The van der Waals surface area contributed by atoms with Gasteiger partial charge in [-0.25, -0.2) is 0 Å². The maximum absolute atomic E-state index is 11.7. The quantitative estimate of drug-likeness (QED) is 0.864. The third-order valence-electron chi connectivity index (χ3n) is 3.88. The molecule has 18 heavy (non-hydrogen) atoms. The van der Waals surface area contributed by atoms with Crippen LogP contribution in [0.25, 0.3) is 0 Å². The van der Waals surface area contributed by atoms with E-state index < -0.39 is 0 Å². The highest BCUT2D eigenvalue weighted by atomic mass is 16.1. The molecule has 4 heteroatoms. The third-order valence-corrected chi connectivity index (χ3v) is 3.88. The van der Waals surface area contributed by atoms with Crippen LogP contribution in [0.15, 0.2) is 23.1 Å². The molecule has 100 valence electrons. The zero-order valence-corrected chi connectivity index (χ0v) is 11.1. The maximum atomic E-state index is 11.7. The Hall–Kier alpha value is -1.29. The number of nitrogens with two attached hydrogens (primary N) is 1. The lowest BCUT2D eigenvalue weighted by atomic mass is 10.2. The molecule has 0 saturated heterocycles. The summed E-state index contributed by atoms with van der Waals surface area (Å²) in [7, 11) is 0. The highest BCUT2D eigenvalue weighted by molar-refractivity contribution is 5.33. The van der Waals surface area contributed by atoms with Crippen molar-refractivity contribution >= 4 is 5.69 Å². The molecule has 2 rings (SSSR count). The Labute approximate surface area is 108 Å². The van der Waals surface area contributed by atoms with E-state index in [1.807, 2.05) is 0 Å². The van der Waals surface area contributed by atoms with Crippen molar-refractivity contribution < 1.29 is 0 Å². The molecule has 1 fully saturated rings. The first-order valence-electron chi connectivity index (χ1n) is 6.90. The summed E-state index contributed by atoms with van der Waals surface area (Å²) in [4.78, 5) is 14.2. The van der Waals surface area contributed by atoms with E-state index in [9.17, 15) is 4.79 Å². The first-order chi connectivity index (χ1) is 8.70. The van der Waals surface area contributed by atoms with Gasteiger partial charge in [0.15, 0.2) is 0 Å². The molecule has 1 aromatic rings. The standard InChI is InChI=1S/C14H23N3O/c1-2-16(13-5-3-4-6-13)9-10-17-11-12(15)7-8-14(17)18/h7-8,11,13H,2-6,9-10,15H2,1H3. The van der Waals surface area contributed by atoms with E-state index in [1.54, 1.807) is 22.9 Å². The van der Waals surface area contributed by atoms with Crippen molar-refractivity contribution in [3.8, 4) is 0 Å². The maximum Gasteiger partial charge on any atom is 0.250 e. The van der Waals surface area contributed by atoms with Crippen LogP contribution in [0.5, 0.6) is 0 Å². The SMILES string of the molecule is CCN(CCn1cc(N)ccc1=O)C1CCCC1. The Kier molecular flexibility index (Phi) is 4.42. The van der Waals surface area contributed by atoms with E-state index in [0.29, 0.717) is 11.7 Å². The lowest BCUT2D eigenvalue weighted by Crippen LogP contribution is -2.37. The van der Waals surface area contributed by atoms with Gasteiger partial charge < -0.3 is 10.3 Å². The molecule has 1 aliphatic carbocycles. The highest BCUT2D eigenvalue weighted by Crippen LogP contribution is 2.23. The summed E-state index contributed by atoms with van der Waals surface area (Å²) < 4.78 is 1.72. The minimum absolute atomic E-state index is 0.0340. The second-order valence-corrected chi connectivity index (χ2v) is 5.06. The van der Waals surface area contributed by atoms with Gasteiger partial charge in [0.2, 0.25) is 0 Å². The lowest BCUT2D eigenvalue weighted by molar-refractivity contribution is 0.200. The molecular weight excluding hydrogens is 226 g/mol. The lowest BCUT2D eigenvalue weighted by Gasteiger charge is -2.27. The normalized spacial score (nSPS) is 16.6. The van der Waals surface area contributed by atoms with Crippen LogP contribution in [0.1, 0.15) is 32.6 Å². The number of pyridine rings is 1. The van der Waals surface area contributed by atoms with Gasteiger partial charge in [-0.2, -0.15) is 0 Å². The fourth-order valence-electron chi connectivity index (χ4n) is 2.83. The van der Waals surface area contributed by atoms with Gasteiger partial charge in [-0.1, -0.05) is 19.8 Å². The Balaban J connectivity index is 1.96. The number of hydrogen-bond acceptors (Lipinski definition) is 3. The molecule has 0 bridgehead atoms. The van der Waals surface area contributed by atoms with Gasteiger partial charge in [-0.3, -0.25) is 9.69 Å². The van der Waals surface area contributed by atoms with Crippen LogP contribution < -0.4 is 11.3 Å². The summed E-state index contributed by atoms with van der Waals surface area (Å²) in [5.74, 6) is 0. The Morgan fingerprint density at radius 2 is 2.11 bits per heavy atom. The molecule has 0 atom stereocenters. The third kappa shape index (κ3) is 3.13. The van der Waals surface area contributed by atoms with Crippen LogP contribution in [0.2, 0.25) is 0 Å². The van der Waals surface area contributed by atoms with Crippen molar-refractivity contribution in [3.05, 3.63) is 28.7 Å². The van der Waals surface area contributed by atoms with Gasteiger partial charge in [0.1, 0.15) is 0 Å². The minimum atomic E-state index is 0.0340. The summed E-state index contributed by atoms with van der Waals surface area (Å²) in [6, 6.07) is 3.92. The summed E-state index contributed by atoms with van der Waals surface area (Å²) >= 11 is 0. The number of nitrogens with zero attached hydrogens (tertiary/aromatic N) is 2. The average molecular weight is 249 g/mol. The number of nitrogen functional groups attached to an aromatic ring is 1. The molecule has 1 saturated carbocycles. The molecule has 0 aliphatic heterocycles. The highest BCUT2D eigenvalue weighted by Gasteiger charge is 2.20. The molecule has 1 heterocycles. The molecule has 0 unspecified atom stereocenters. The number of hydrogen-bond donors (Lipinski definition) is 1. The van der Waals surface area contributed by atoms with Crippen LogP contribution in [-0.4, -0.2) is 28.6 Å². The van der Waals surface area contributed by atoms with Gasteiger partial charge >= 0.3 is 0 Å². The monoisotopic (exact) mass is 249 g/mol. The van der Waals surface area contributed by atoms with Crippen LogP contribution in [0.4, 0.5) is 5.69 Å². The van der Waals surface area contributed by atoms with Crippen LogP contribution in [-0.2, 0) is 6.54 Å². The Bertz CT molecular complexity index is 435. The molecule has 2 N–H and O–H groups in total. The largest absolute Gasteiger partial charge is 0.398 e. The zero-order valence-electron chi connectivity index (χ0n) is 11.1. The van der Waals surface area contributed by atoms with Gasteiger partial charge in [0.25, 0.3) is 5.56 Å². The topological polar surface area (TPSA) is 51.3 Å². The van der Waals surface area contributed by atoms with E-state index in [4.69, 9.17) is 5.73 Å². The number of rotatable bonds is 5. The molecule has 0 amide bonds. The van der Waals surface area contributed by atoms with Crippen molar-refractivity contribution in [2.75, 3.05) is 18.8 Å². The van der Waals surface area contributed by atoms with E-state index in [0.717, 1.165) is 19.6 Å². The molecule has 1 aliphatic rings. The van der Waals surface area contributed by atoms with Gasteiger partial charge in [0.05, 0.1) is 0 Å². The van der Waals surface area contributed by atoms with Crippen LogP contribution >= 0.6 is 0 Å². The zero-order chi connectivity index (χ0) is 13.0. The van der Waals surface area contributed by atoms with Crippen molar-refractivity contribution in [1.82, 2.24) is 9.47 Å². The summed E-state index contributed by atoms with van der Waals surface area (Å²) in [6.45, 7) is 4.92. The molecular formula is C14H23N3O. The molecule has 4 nitrogen and oxygen atoms in total. The second kappa shape index (κ2) is 6.05. The molecule has 0 radical (unpaired) electrons. The van der Waals surface area contributed by atoms with Crippen molar-refractivity contribution in [2.24, 2.45) is 0 Å². The predicted octanol–water partition coefficient (Wildman–Crippen LogP) is 1.69. The minimum Gasteiger partial charge on any atom is -0.398 e. The first-order valence-corrected chi connectivity index (χ1v) is 6.90. The van der Waals surface area contributed by atoms with Gasteiger partial charge in [-0.15, -0.1) is 0 Å². The van der Waals surface area contributed by atoms with E-state index in [1.165, 1.54) is 25.7 Å². The number of anilines is 1. The van der Waals surface area contributed by atoms with Gasteiger partial charge in [-0.05, 0) is 25.5 Å². The van der Waals surface area contributed by atoms with Crippen molar-refractivity contribution in [1.29, 1.82) is 0 Å². The van der Waals surface area contributed by atoms with E-state index >= 15 is 0 Å². The molecule has 1 aromatic heterocycles. The average Bonchev–Trinajstić information content (AvgIpc) is 2.88. The van der Waals surface area contributed by atoms with Crippen molar-refractivity contribution in [2.45, 2.75) is 45.2 Å². The van der Waals surface area contributed by atoms with E-state index in [-0.39, 0.29) is 5.56 Å². The second-order valence-electron chi connectivity index (χ2n) is 5.06. The fraction of sp³-hybridized carbons (Fsp3) is 0.643.